The molecule has 1 saturated carbocycles. The molecule has 176 valence electrons. The third kappa shape index (κ3) is 3.33. The molecule has 0 aromatic heterocycles. The van der Waals surface area contributed by atoms with Gasteiger partial charge in [-0.2, -0.15) is 0 Å². The van der Waals surface area contributed by atoms with Crippen LogP contribution in [-0.2, 0) is 19.1 Å². The Morgan fingerprint density at radius 1 is 1.25 bits per heavy atom. The average molecular weight is 445 g/mol. The van der Waals surface area contributed by atoms with Crippen molar-refractivity contribution < 1.29 is 29.3 Å². The summed E-state index contributed by atoms with van der Waals surface area (Å²) in [6, 6.07) is 0. The van der Waals surface area contributed by atoms with Crippen LogP contribution in [0.25, 0.3) is 0 Å². The van der Waals surface area contributed by atoms with Gasteiger partial charge in [0.2, 0.25) is 0 Å². The van der Waals surface area contributed by atoms with Crippen molar-refractivity contribution in [3.05, 3.63) is 35.1 Å². The number of rotatable bonds is 6. The lowest BCUT2D eigenvalue weighted by Crippen LogP contribution is -2.52. The van der Waals surface area contributed by atoms with Crippen LogP contribution in [0, 0.1) is 28.6 Å². The molecule has 4 aliphatic rings. The number of hydrogen-bond donors (Lipinski definition) is 2. The summed E-state index contributed by atoms with van der Waals surface area (Å²) in [5.41, 5.74) is 1.10. The molecule has 0 heterocycles. The lowest BCUT2D eigenvalue weighted by Gasteiger charge is -2.54. The first-order valence-corrected chi connectivity index (χ1v) is 11.9. The van der Waals surface area contributed by atoms with Gasteiger partial charge in [0, 0.05) is 23.7 Å². The fourth-order valence-electron chi connectivity index (χ4n) is 7.07. The number of ether oxygens (including phenoxy) is 2. The number of carbonyl (C=O) groups excluding carboxylic acids is 1. The summed E-state index contributed by atoms with van der Waals surface area (Å²) in [7, 11) is 1.73. The van der Waals surface area contributed by atoms with E-state index in [0.717, 1.165) is 31.4 Å². The molecule has 6 atom stereocenters. The Hall–Kier alpha value is -2.08. The summed E-state index contributed by atoms with van der Waals surface area (Å²) in [6.07, 6.45) is 11.6. The molecule has 32 heavy (non-hydrogen) atoms. The highest BCUT2D eigenvalue weighted by Gasteiger charge is 2.62. The van der Waals surface area contributed by atoms with E-state index in [4.69, 9.17) is 9.47 Å². The van der Waals surface area contributed by atoms with Crippen LogP contribution in [-0.4, -0.2) is 41.5 Å². The fourth-order valence-corrected chi connectivity index (χ4v) is 7.07. The van der Waals surface area contributed by atoms with E-state index in [-0.39, 0.29) is 24.4 Å². The molecule has 6 nitrogen and oxygen atoms in total. The zero-order valence-electron chi connectivity index (χ0n) is 19.6. The number of esters is 1. The van der Waals surface area contributed by atoms with Gasteiger partial charge in [-0.25, -0.2) is 0 Å². The molecule has 4 aliphatic carbocycles. The maximum Gasteiger partial charge on any atom is 0.320 e. The predicted octanol–water partition coefficient (Wildman–Crippen LogP) is 4.39. The van der Waals surface area contributed by atoms with Crippen LogP contribution in [0.15, 0.2) is 35.1 Å². The fraction of sp³-hybridized carbons (Fsp3) is 0.692. The van der Waals surface area contributed by atoms with Crippen LogP contribution in [0.2, 0.25) is 0 Å². The zero-order chi connectivity index (χ0) is 23.3. The number of carbonyl (C=O) groups is 2. The summed E-state index contributed by atoms with van der Waals surface area (Å²) < 4.78 is 10.5. The van der Waals surface area contributed by atoms with Gasteiger partial charge in [-0.3, -0.25) is 9.59 Å². The maximum atomic E-state index is 12.3. The molecule has 2 N–H and O–H groups in total. The second-order valence-electron chi connectivity index (χ2n) is 10.5. The van der Waals surface area contributed by atoms with Crippen molar-refractivity contribution >= 4 is 11.9 Å². The largest absolute Gasteiger partial charge is 0.501 e. The summed E-state index contributed by atoms with van der Waals surface area (Å²) in [4.78, 5) is 24.2. The van der Waals surface area contributed by atoms with Gasteiger partial charge < -0.3 is 19.7 Å². The predicted molar refractivity (Wildman–Crippen MR) is 119 cm³/mol. The molecule has 6 heteroatoms. The highest BCUT2D eigenvalue weighted by atomic mass is 16.5. The molecule has 0 amide bonds. The normalized spacial score (nSPS) is 38.8. The minimum absolute atomic E-state index is 0.0124. The third-order valence-electron chi connectivity index (χ3n) is 9.11. The first kappa shape index (κ1) is 23.1. The Balaban J connectivity index is 1.64. The van der Waals surface area contributed by atoms with E-state index in [1.807, 2.05) is 0 Å². The molecule has 4 rings (SSSR count). The van der Waals surface area contributed by atoms with E-state index < -0.39 is 28.9 Å². The number of aliphatic hydroxyl groups is 1. The van der Waals surface area contributed by atoms with Crippen LogP contribution in [0.4, 0.5) is 0 Å². The molecule has 0 aromatic rings. The van der Waals surface area contributed by atoms with E-state index in [1.54, 1.807) is 14.0 Å². The average Bonchev–Trinajstić information content (AvgIpc) is 3.02. The van der Waals surface area contributed by atoms with Crippen LogP contribution in [0.5, 0.6) is 0 Å². The summed E-state index contributed by atoms with van der Waals surface area (Å²) in [5.74, 6) is -1.70. The number of carboxylic acid groups (broad SMARTS) is 1. The van der Waals surface area contributed by atoms with Crippen molar-refractivity contribution in [2.75, 3.05) is 13.7 Å². The van der Waals surface area contributed by atoms with Crippen molar-refractivity contribution in [1.29, 1.82) is 0 Å². The van der Waals surface area contributed by atoms with Gasteiger partial charge in [0.1, 0.15) is 0 Å². The summed E-state index contributed by atoms with van der Waals surface area (Å²) >= 11 is 0. The van der Waals surface area contributed by atoms with E-state index >= 15 is 0 Å². The van der Waals surface area contributed by atoms with Crippen LogP contribution >= 0.6 is 0 Å². The van der Waals surface area contributed by atoms with E-state index in [1.165, 1.54) is 11.1 Å². The van der Waals surface area contributed by atoms with Gasteiger partial charge in [0.25, 0.3) is 0 Å². The minimum Gasteiger partial charge on any atom is -0.501 e. The molecule has 1 fully saturated rings. The quantitative estimate of drug-likeness (QED) is 0.358. The van der Waals surface area contributed by atoms with Crippen LogP contribution in [0.3, 0.4) is 0 Å². The molecule has 0 saturated heterocycles. The molecule has 0 spiro atoms. The minimum atomic E-state index is -1.34. The number of aliphatic carboxylic acids is 1. The van der Waals surface area contributed by atoms with Crippen molar-refractivity contribution in [1.82, 2.24) is 0 Å². The van der Waals surface area contributed by atoms with Gasteiger partial charge in [-0.05, 0) is 62.5 Å². The van der Waals surface area contributed by atoms with E-state index in [9.17, 15) is 19.8 Å². The van der Waals surface area contributed by atoms with Gasteiger partial charge in [0.05, 0.1) is 25.1 Å². The molecular formula is C26H36O6. The number of carboxylic acids is 1. The standard InChI is InChI=1S/C26H36O6/c1-5-32-23(29)19(22(27)28)15-26(30)13-10-21-18-7-6-16-14-17(31-4)8-11-24(16,2)20(18)9-12-25(21,26)3/h6,9,14,18-19,21,30H,5,7-8,10-13,15H2,1-4H3,(H,27,28)/t18-,19?,21+,24+,25+,26-/m1/s1. The lowest BCUT2D eigenvalue weighted by atomic mass is 9.51. The summed E-state index contributed by atoms with van der Waals surface area (Å²) in [6.45, 7) is 6.20. The first-order chi connectivity index (χ1) is 15.1. The zero-order valence-corrected chi connectivity index (χ0v) is 19.6. The van der Waals surface area contributed by atoms with Crippen LogP contribution in [0.1, 0.15) is 65.7 Å². The first-order valence-electron chi connectivity index (χ1n) is 11.9. The molecule has 0 radical (unpaired) electrons. The molecular weight excluding hydrogens is 408 g/mol. The second-order valence-corrected chi connectivity index (χ2v) is 10.5. The lowest BCUT2D eigenvalue weighted by molar-refractivity contribution is -0.165. The highest BCUT2D eigenvalue weighted by Crippen LogP contribution is 2.65. The number of allylic oxidation sites excluding steroid dienone is 6. The number of fused-ring (bicyclic) bond motifs is 5. The van der Waals surface area contributed by atoms with E-state index in [0.29, 0.717) is 18.8 Å². The summed E-state index contributed by atoms with van der Waals surface area (Å²) in [5, 5.41) is 21.5. The Bertz CT molecular complexity index is 900. The highest BCUT2D eigenvalue weighted by molar-refractivity contribution is 5.94. The number of methoxy groups -OCH3 is 1. The number of hydrogen-bond acceptors (Lipinski definition) is 5. The third-order valence-corrected chi connectivity index (χ3v) is 9.11. The maximum absolute atomic E-state index is 12.3. The van der Waals surface area contributed by atoms with Crippen molar-refractivity contribution in [3.8, 4) is 0 Å². The Morgan fingerprint density at radius 3 is 2.66 bits per heavy atom. The van der Waals surface area contributed by atoms with Gasteiger partial charge in [-0.15, -0.1) is 0 Å². The van der Waals surface area contributed by atoms with Gasteiger partial charge in [0.15, 0.2) is 5.92 Å². The van der Waals surface area contributed by atoms with Crippen molar-refractivity contribution in [3.63, 3.8) is 0 Å². The van der Waals surface area contributed by atoms with E-state index in [2.05, 4.69) is 32.1 Å². The Labute approximate surface area is 190 Å². The van der Waals surface area contributed by atoms with Crippen molar-refractivity contribution in [2.45, 2.75) is 71.3 Å². The molecule has 0 aromatic carbocycles. The van der Waals surface area contributed by atoms with Gasteiger partial charge in [-0.1, -0.05) is 31.6 Å². The Morgan fingerprint density at radius 2 is 2.00 bits per heavy atom. The van der Waals surface area contributed by atoms with Gasteiger partial charge >= 0.3 is 11.9 Å². The monoisotopic (exact) mass is 444 g/mol. The van der Waals surface area contributed by atoms with Crippen LogP contribution < -0.4 is 0 Å². The SMILES string of the molecule is CCOC(=O)C(C[C@]1(O)CC[C@H]2[C@@H]3CC=C4C=C(OC)CC[C@]4(C)C3=CC[C@@]21C)C(=O)O. The molecule has 0 aliphatic heterocycles. The molecule has 1 unspecified atom stereocenters. The Kier molecular flexibility index (Phi) is 5.81. The second kappa shape index (κ2) is 8.05. The smallest absolute Gasteiger partial charge is 0.320 e. The topological polar surface area (TPSA) is 93.1 Å². The van der Waals surface area contributed by atoms with Crippen molar-refractivity contribution in [2.24, 2.45) is 28.6 Å². The molecule has 0 bridgehead atoms.